The van der Waals surface area contributed by atoms with Gasteiger partial charge in [-0.25, -0.2) is 9.97 Å². The number of aromatic amines is 1. The Morgan fingerprint density at radius 3 is 3.24 bits per heavy atom. The molecule has 17 heavy (non-hydrogen) atoms. The Balaban J connectivity index is 2.02. The van der Waals surface area contributed by atoms with Crippen LogP contribution in [0.15, 0.2) is 12.7 Å². The van der Waals surface area contributed by atoms with Gasteiger partial charge in [-0.15, -0.1) is 0 Å². The number of aliphatic hydroxyl groups is 1. The van der Waals surface area contributed by atoms with E-state index in [2.05, 4.69) is 15.0 Å². The van der Waals surface area contributed by atoms with Crippen LogP contribution in [0.3, 0.4) is 0 Å². The SMILES string of the molecule is OC[C@@H]1OC[C@H](n2cnc3c(=S)nc[nH]c32)O1. The van der Waals surface area contributed by atoms with Crippen LogP contribution in [0.5, 0.6) is 0 Å². The third-order valence-corrected chi connectivity index (χ3v) is 2.87. The Kier molecular flexibility index (Phi) is 2.63. The number of hydrogen-bond acceptors (Lipinski definition) is 6. The van der Waals surface area contributed by atoms with Crippen molar-refractivity contribution in [1.82, 2.24) is 19.5 Å². The molecule has 0 radical (unpaired) electrons. The summed E-state index contributed by atoms with van der Waals surface area (Å²) in [6.07, 6.45) is 2.24. The van der Waals surface area contributed by atoms with Crippen molar-refractivity contribution in [2.45, 2.75) is 12.5 Å². The monoisotopic (exact) mass is 254 g/mol. The summed E-state index contributed by atoms with van der Waals surface area (Å²) in [5.74, 6) is 0. The molecule has 1 aliphatic rings. The van der Waals surface area contributed by atoms with Crippen LogP contribution >= 0.6 is 12.2 Å². The lowest BCUT2D eigenvalue weighted by molar-refractivity contribution is -0.0980. The van der Waals surface area contributed by atoms with Crippen molar-refractivity contribution in [2.75, 3.05) is 13.2 Å². The minimum Gasteiger partial charge on any atom is -0.391 e. The van der Waals surface area contributed by atoms with Crippen molar-refractivity contribution in [3.8, 4) is 0 Å². The summed E-state index contributed by atoms with van der Waals surface area (Å²) in [6.45, 7) is 0.195. The van der Waals surface area contributed by atoms with E-state index in [4.69, 9.17) is 26.8 Å². The van der Waals surface area contributed by atoms with Gasteiger partial charge in [0, 0.05) is 0 Å². The molecule has 0 amide bonds. The number of hydrogen-bond donors (Lipinski definition) is 2. The van der Waals surface area contributed by atoms with E-state index in [-0.39, 0.29) is 12.8 Å². The van der Waals surface area contributed by atoms with Gasteiger partial charge >= 0.3 is 0 Å². The Morgan fingerprint density at radius 1 is 1.59 bits per heavy atom. The van der Waals surface area contributed by atoms with E-state index in [0.29, 0.717) is 16.8 Å². The molecule has 0 aromatic carbocycles. The van der Waals surface area contributed by atoms with Crippen LogP contribution < -0.4 is 0 Å². The molecule has 0 spiro atoms. The van der Waals surface area contributed by atoms with Gasteiger partial charge in [0.2, 0.25) is 0 Å². The zero-order chi connectivity index (χ0) is 11.8. The Hall–Kier alpha value is -1.35. The zero-order valence-electron chi connectivity index (χ0n) is 8.74. The maximum Gasteiger partial charge on any atom is 0.183 e. The number of nitrogens with zero attached hydrogens (tertiary/aromatic N) is 3. The molecule has 7 nitrogen and oxygen atoms in total. The number of fused-ring (bicyclic) bond motifs is 1. The van der Waals surface area contributed by atoms with Crippen LogP contribution in [-0.4, -0.2) is 44.1 Å². The lowest BCUT2D eigenvalue weighted by atomic mass is 10.5. The number of aromatic nitrogens is 4. The second kappa shape index (κ2) is 4.15. The van der Waals surface area contributed by atoms with Crippen LogP contribution in [-0.2, 0) is 9.47 Å². The molecule has 0 unspecified atom stereocenters. The number of ether oxygens (including phenoxy) is 2. The van der Waals surface area contributed by atoms with Gasteiger partial charge in [-0.05, 0) is 0 Å². The van der Waals surface area contributed by atoms with E-state index in [9.17, 15) is 0 Å². The van der Waals surface area contributed by atoms with E-state index in [0.717, 1.165) is 5.65 Å². The van der Waals surface area contributed by atoms with Crippen LogP contribution in [0, 0.1) is 4.64 Å². The Labute approximate surface area is 101 Å². The highest BCUT2D eigenvalue weighted by atomic mass is 32.1. The fourth-order valence-electron chi connectivity index (χ4n) is 1.78. The van der Waals surface area contributed by atoms with Crippen molar-refractivity contribution < 1.29 is 14.6 Å². The number of H-pyrrole nitrogens is 1. The van der Waals surface area contributed by atoms with E-state index >= 15 is 0 Å². The Bertz CT molecular complexity index is 595. The average molecular weight is 254 g/mol. The standard InChI is InChI=1S/C9H10N4O3S/c14-1-6-15-2-5(16-6)13-4-12-7-8(13)10-3-11-9(7)17/h3-6,14H,1-2H2,(H,10,11,17)/t5-,6-/m1/s1. The first-order valence-electron chi connectivity index (χ1n) is 5.07. The fraction of sp³-hybridized carbons (Fsp3) is 0.444. The summed E-state index contributed by atoms with van der Waals surface area (Å²) in [4.78, 5) is 11.1. The molecular formula is C9H10N4O3S. The van der Waals surface area contributed by atoms with Crippen molar-refractivity contribution >= 4 is 23.4 Å². The van der Waals surface area contributed by atoms with Gasteiger partial charge < -0.3 is 19.6 Å². The van der Waals surface area contributed by atoms with Crippen LogP contribution in [0.2, 0.25) is 0 Å². The lowest BCUT2D eigenvalue weighted by Gasteiger charge is -2.11. The predicted molar refractivity (Wildman–Crippen MR) is 59.7 cm³/mol. The van der Waals surface area contributed by atoms with Crippen molar-refractivity contribution in [3.05, 3.63) is 17.3 Å². The molecule has 3 rings (SSSR count). The number of imidazole rings is 1. The minimum absolute atomic E-state index is 0.166. The van der Waals surface area contributed by atoms with Gasteiger partial charge in [-0.3, -0.25) is 4.57 Å². The number of rotatable bonds is 2. The van der Waals surface area contributed by atoms with Gasteiger partial charge in [0.05, 0.1) is 25.9 Å². The molecule has 90 valence electrons. The highest BCUT2D eigenvalue weighted by molar-refractivity contribution is 7.71. The van der Waals surface area contributed by atoms with E-state index in [1.54, 1.807) is 10.9 Å². The number of aliphatic hydroxyl groups excluding tert-OH is 1. The summed E-state index contributed by atoms with van der Waals surface area (Å²) in [5, 5.41) is 8.93. The molecule has 1 aliphatic heterocycles. The van der Waals surface area contributed by atoms with Crippen LogP contribution in [0.4, 0.5) is 0 Å². The molecule has 0 saturated carbocycles. The second-order valence-electron chi connectivity index (χ2n) is 3.59. The van der Waals surface area contributed by atoms with Crippen LogP contribution in [0.25, 0.3) is 11.2 Å². The topological polar surface area (TPSA) is 85.2 Å². The molecule has 8 heteroatoms. The van der Waals surface area contributed by atoms with Gasteiger partial charge in [-0.1, -0.05) is 12.2 Å². The molecule has 2 aromatic rings. The molecule has 0 bridgehead atoms. The quantitative estimate of drug-likeness (QED) is 0.752. The third kappa shape index (κ3) is 1.75. The lowest BCUT2D eigenvalue weighted by Crippen LogP contribution is -2.15. The molecule has 1 saturated heterocycles. The maximum atomic E-state index is 8.93. The van der Waals surface area contributed by atoms with E-state index < -0.39 is 6.29 Å². The highest BCUT2D eigenvalue weighted by Crippen LogP contribution is 2.23. The van der Waals surface area contributed by atoms with Gasteiger partial charge in [0.1, 0.15) is 11.2 Å². The summed E-state index contributed by atoms with van der Waals surface area (Å²) < 4.78 is 12.9. The number of nitrogens with one attached hydrogen (secondary N) is 1. The summed E-state index contributed by atoms with van der Waals surface area (Å²) >= 11 is 5.07. The van der Waals surface area contributed by atoms with Gasteiger partial charge in [0.15, 0.2) is 17.2 Å². The normalized spacial score (nSPS) is 24.5. The first kappa shape index (κ1) is 10.8. The molecular weight excluding hydrogens is 244 g/mol. The summed E-state index contributed by atoms with van der Waals surface area (Å²) in [7, 11) is 0. The van der Waals surface area contributed by atoms with Gasteiger partial charge in [0.25, 0.3) is 0 Å². The largest absolute Gasteiger partial charge is 0.391 e. The van der Waals surface area contributed by atoms with E-state index in [1.165, 1.54) is 6.33 Å². The average Bonchev–Trinajstić information content (AvgIpc) is 2.94. The predicted octanol–water partition coefficient (Wildman–Crippen LogP) is 0.353. The zero-order valence-corrected chi connectivity index (χ0v) is 9.55. The molecule has 2 atom stereocenters. The Morgan fingerprint density at radius 2 is 2.47 bits per heavy atom. The summed E-state index contributed by atoms with van der Waals surface area (Å²) in [5.41, 5.74) is 1.36. The first-order valence-corrected chi connectivity index (χ1v) is 5.48. The maximum absolute atomic E-state index is 8.93. The minimum atomic E-state index is -0.581. The summed E-state index contributed by atoms with van der Waals surface area (Å²) in [6, 6.07) is 0. The molecule has 2 aromatic heterocycles. The van der Waals surface area contributed by atoms with Gasteiger partial charge in [-0.2, -0.15) is 0 Å². The van der Waals surface area contributed by atoms with Crippen molar-refractivity contribution in [3.63, 3.8) is 0 Å². The molecule has 1 fully saturated rings. The molecule has 2 N–H and O–H groups in total. The van der Waals surface area contributed by atoms with Crippen molar-refractivity contribution in [1.29, 1.82) is 0 Å². The van der Waals surface area contributed by atoms with E-state index in [1.807, 2.05) is 0 Å². The highest BCUT2D eigenvalue weighted by Gasteiger charge is 2.27. The first-order chi connectivity index (χ1) is 8.29. The smallest absolute Gasteiger partial charge is 0.183 e. The van der Waals surface area contributed by atoms with Crippen LogP contribution in [0.1, 0.15) is 6.23 Å². The van der Waals surface area contributed by atoms with Crippen molar-refractivity contribution in [2.24, 2.45) is 0 Å². The fourth-order valence-corrected chi connectivity index (χ4v) is 1.98. The molecule has 0 aliphatic carbocycles. The third-order valence-electron chi connectivity index (χ3n) is 2.57. The second-order valence-corrected chi connectivity index (χ2v) is 3.98. The molecule has 3 heterocycles.